The molecule has 0 aromatic rings. The van der Waals surface area contributed by atoms with Gasteiger partial charge < -0.3 is 20.1 Å². The molecule has 0 aromatic heterocycles. The molecule has 2 aliphatic carbocycles. The zero-order valence-electron chi connectivity index (χ0n) is 16.9. The molecule has 0 radical (unpaired) electrons. The average molecular weight is 396 g/mol. The van der Waals surface area contributed by atoms with Gasteiger partial charge in [0.2, 0.25) is 0 Å². The van der Waals surface area contributed by atoms with Crippen LogP contribution in [0.4, 0.5) is 0 Å². The van der Waals surface area contributed by atoms with Gasteiger partial charge >= 0.3 is 17.9 Å². The predicted octanol–water partition coefficient (Wildman–Crippen LogP) is 3.43. The zero-order chi connectivity index (χ0) is 21.3. The number of carbonyl (C=O) groups is 3. The Morgan fingerprint density at radius 3 is 2.32 bits per heavy atom. The van der Waals surface area contributed by atoms with Crippen LogP contribution >= 0.6 is 0 Å². The van der Waals surface area contributed by atoms with Crippen molar-refractivity contribution >= 4 is 17.9 Å². The van der Waals surface area contributed by atoms with E-state index in [1.165, 1.54) is 0 Å². The molecular formula is C21H32O7. The van der Waals surface area contributed by atoms with Crippen molar-refractivity contribution in [2.75, 3.05) is 6.61 Å². The quantitative estimate of drug-likeness (QED) is 0.537. The Morgan fingerprint density at radius 2 is 1.79 bits per heavy atom. The summed E-state index contributed by atoms with van der Waals surface area (Å²) in [4.78, 5) is 34.1. The van der Waals surface area contributed by atoms with Gasteiger partial charge in [-0.1, -0.05) is 39.3 Å². The van der Waals surface area contributed by atoms with Crippen LogP contribution in [0, 0.1) is 28.6 Å². The molecule has 5 atom stereocenters. The standard InChI is InChI=1S/C21H32O7/c1-12-6-7-15-20(2,3)8-5-9-21(15,4)14(12)11-28-17(19(26)27)13(18(24)25)10-16(22)23/h13-15,17H,1,5-11H2,2-4H3,(H,22,23)(H,24,25)(H,26,27)/t13-,14-,15-,17+,21-/m0/s1. The SMILES string of the molecule is C=C1CC[C@H]2C(C)(C)CCC[C@@]2(C)[C@H]1CO[C@@H](C(=O)O)[C@H](CC(=O)O)C(=O)O. The molecule has 0 aliphatic heterocycles. The second-order valence-corrected chi connectivity index (χ2v) is 9.28. The summed E-state index contributed by atoms with van der Waals surface area (Å²) in [7, 11) is 0. The third-order valence-electron chi connectivity index (χ3n) is 7.08. The second-order valence-electron chi connectivity index (χ2n) is 9.28. The molecule has 0 aromatic carbocycles. The maximum Gasteiger partial charge on any atom is 0.333 e. The molecule has 0 amide bonds. The number of carboxylic acids is 3. The van der Waals surface area contributed by atoms with Gasteiger partial charge in [0, 0.05) is 5.92 Å². The van der Waals surface area contributed by atoms with E-state index in [2.05, 4.69) is 27.4 Å². The highest BCUT2D eigenvalue weighted by atomic mass is 16.5. The molecule has 2 aliphatic rings. The van der Waals surface area contributed by atoms with E-state index in [9.17, 15) is 24.6 Å². The highest BCUT2D eigenvalue weighted by Gasteiger charge is 2.53. The van der Waals surface area contributed by atoms with E-state index in [0.29, 0.717) is 5.92 Å². The Balaban J connectivity index is 2.23. The first-order valence-electron chi connectivity index (χ1n) is 9.87. The van der Waals surface area contributed by atoms with E-state index in [4.69, 9.17) is 9.84 Å². The van der Waals surface area contributed by atoms with Crippen LogP contribution in [0.1, 0.15) is 59.3 Å². The highest BCUT2D eigenvalue weighted by Crippen LogP contribution is 2.60. The van der Waals surface area contributed by atoms with Gasteiger partial charge in [0.05, 0.1) is 13.0 Å². The molecule has 0 spiro atoms. The van der Waals surface area contributed by atoms with Crippen LogP contribution in [0.25, 0.3) is 0 Å². The van der Waals surface area contributed by atoms with Crippen LogP contribution in [0.15, 0.2) is 12.2 Å². The number of aliphatic carboxylic acids is 3. The summed E-state index contributed by atoms with van der Waals surface area (Å²) in [5.74, 6) is -5.58. The molecule has 0 heterocycles. The van der Waals surface area contributed by atoms with E-state index in [1.54, 1.807) is 0 Å². The fourth-order valence-electron chi connectivity index (χ4n) is 5.65. The first-order chi connectivity index (χ1) is 12.9. The Kier molecular flexibility index (Phi) is 6.58. The zero-order valence-corrected chi connectivity index (χ0v) is 16.9. The fourth-order valence-corrected chi connectivity index (χ4v) is 5.65. The van der Waals surface area contributed by atoms with Crippen LogP contribution in [0.2, 0.25) is 0 Å². The monoisotopic (exact) mass is 396 g/mol. The number of carboxylic acid groups (broad SMARTS) is 3. The third kappa shape index (κ3) is 4.40. The lowest BCUT2D eigenvalue weighted by Crippen LogP contribution is -2.51. The smallest absolute Gasteiger partial charge is 0.333 e. The number of rotatable bonds is 8. The Labute approximate surface area is 165 Å². The molecule has 3 N–H and O–H groups in total. The highest BCUT2D eigenvalue weighted by molar-refractivity contribution is 5.85. The molecule has 2 saturated carbocycles. The van der Waals surface area contributed by atoms with Crippen molar-refractivity contribution < 1.29 is 34.4 Å². The average Bonchev–Trinajstić information content (AvgIpc) is 2.54. The van der Waals surface area contributed by atoms with Crippen molar-refractivity contribution in [1.29, 1.82) is 0 Å². The molecule has 28 heavy (non-hydrogen) atoms. The first-order valence-corrected chi connectivity index (χ1v) is 9.87. The van der Waals surface area contributed by atoms with Gasteiger partial charge in [-0.05, 0) is 42.4 Å². The van der Waals surface area contributed by atoms with Gasteiger partial charge in [0.15, 0.2) is 6.10 Å². The van der Waals surface area contributed by atoms with Crippen LogP contribution in [-0.2, 0) is 19.1 Å². The van der Waals surface area contributed by atoms with Crippen LogP contribution in [0.5, 0.6) is 0 Å². The Morgan fingerprint density at radius 1 is 1.14 bits per heavy atom. The van der Waals surface area contributed by atoms with E-state index in [0.717, 1.165) is 37.7 Å². The van der Waals surface area contributed by atoms with Crippen molar-refractivity contribution in [3.8, 4) is 0 Å². The van der Waals surface area contributed by atoms with Crippen LogP contribution < -0.4 is 0 Å². The van der Waals surface area contributed by atoms with Crippen molar-refractivity contribution in [2.24, 2.45) is 28.6 Å². The predicted molar refractivity (Wildman–Crippen MR) is 102 cm³/mol. The summed E-state index contributed by atoms with van der Waals surface area (Å²) in [5.41, 5.74) is 1.09. The van der Waals surface area contributed by atoms with Gasteiger partial charge in [0.1, 0.15) is 5.92 Å². The number of ether oxygens (including phenoxy) is 1. The van der Waals surface area contributed by atoms with E-state index >= 15 is 0 Å². The van der Waals surface area contributed by atoms with Gasteiger partial charge in [0.25, 0.3) is 0 Å². The number of hydrogen-bond donors (Lipinski definition) is 3. The van der Waals surface area contributed by atoms with E-state index in [-0.39, 0.29) is 23.4 Å². The fraction of sp³-hybridized carbons (Fsp3) is 0.762. The normalized spacial score (nSPS) is 31.5. The van der Waals surface area contributed by atoms with Crippen LogP contribution in [-0.4, -0.2) is 45.9 Å². The maximum atomic E-state index is 11.6. The first kappa shape index (κ1) is 22.4. The Bertz CT molecular complexity index is 653. The van der Waals surface area contributed by atoms with Gasteiger partial charge in [-0.3, -0.25) is 9.59 Å². The summed E-state index contributed by atoms with van der Waals surface area (Å²) in [6, 6.07) is 0. The molecule has 0 bridgehead atoms. The van der Waals surface area contributed by atoms with Gasteiger partial charge in [-0.15, -0.1) is 0 Å². The minimum atomic E-state index is -1.71. The molecule has 158 valence electrons. The summed E-state index contributed by atoms with van der Waals surface area (Å²) < 4.78 is 5.62. The second kappa shape index (κ2) is 8.23. The number of fused-ring (bicyclic) bond motifs is 1. The minimum absolute atomic E-state index is 0.0439. The van der Waals surface area contributed by atoms with E-state index in [1.807, 2.05) is 0 Å². The lowest BCUT2D eigenvalue weighted by molar-refractivity contribution is -0.170. The molecule has 7 heteroatoms. The lowest BCUT2D eigenvalue weighted by atomic mass is 9.48. The van der Waals surface area contributed by atoms with Crippen molar-refractivity contribution in [1.82, 2.24) is 0 Å². The minimum Gasteiger partial charge on any atom is -0.481 e. The molecule has 0 saturated heterocycles. The summed E-state index contributed by atoms with van der Waals surface area (Å²) in [5, 5.41) is 27.7. The van der Waals surface area contributed by atoms with E-state index < -0.39 is 36.4 Å². The molecular weight excluding hydrogens is 364 g/mol. The molecule has 2 fully saturated rings. The lowest BCUT2D eigenvalue weighted by Gasteiger charge is -2.58. The molecule has 0 unspecified atom stereocenters. The van der Waals surface area contributed by atoms with Crippen molar-refractivity contribution in [2.45, 2.75) is 65.4 Å². The van der Waals surface area contributed by atoms with Gasteiger partial charge in [-0.25, -0.2) is 4.79 Å². The van der Waals surface area contributed by atoms with Crippen LogP contribution in [0.3, 0.4) is 0 Å². The summed E-state index contributed by atoms with van der Waals surface area (Å²) in [6.45, 7) is 11.0. The summed E-state index contributed by atoms with van der Waals surface area (Å²) >= 11 is 0. The largest absolute Gasteiger partial charge is 0.481 e. The van der Waals surface area contributed by atoms with Gasteiger partial charge in [-0.2, -0.15) is 0 Å². The molecule has 7 nitrogen and oxygen atoms in total. The molecule has 2 rings (SSSR count). The number of hydrogen-bond acceptors (Lipinski definition) is 4. The Hall–Kier alpha value is -1.89. The van der Waals surface area contributed by atoms with Crippen molar-refractivity contribution in [3.05, 3.63) is 12.2 Å². The third-order valence-corrected chi connectivity index (χ3v) is 7.08. The maximum absolute atomic E-state index is 11.6. The summed E-state index contributed by atoms with van der Waals surface area (Å²) in [6.07, 6.45) is 2.58. The van der Waals surface area contributed by atoms with Crippen molar-refractivity contribution in [3.63, 3.8) is 0 Å². The topological polar surface area (TPSA) is 121 Å².